The van der Waals surface area contributed by atoms with Crippen LogP contribution in [-0.4, -0.2) is 10.2 Å². The molecule has 0 aliphatic carbocycles. The van der Waals surface area contributed by atoms with Crippen LogP contribution in [0.5, 0.6) is 0 Å². The topological polar surface area (TPSA) is 40.7 Å². The quantitative estimate of drug-likeness (QED) is 0.838. The maximum absolute atomic E-state index is 13.3. The third kappa shape index (κ3) is 2.59. The molecule has 1 heterocycles. The molecule has 0 bridgehead atoms. The summed E-state index contributed by atoms with van der Waals surface area (Å²) in [5.41, 5.74) is 3.96. The van der Waals surface area contributed by atoms with E-state index in [0.29, 0.717) is 10.1 Å². The predicted octanol–water partition coefficient (Wildman–Crippen LogP) is 3.38. The van der Waals surface area contributed by atoms with E-state index in [-0.39, 0.29) is 5.82 Å². The summed E-state index contributed by atoms with van der Waals surface area (Å²) in [4.78, 5) is 0. The van der Waals surface area contributed by atoms with E-state index in [1.165, 1.54) is 6.07 Å². The van der Waals surface area contributed by atoms with Crippen molar-refractivity contribution in [3.05, 3.63) is 44.5 Å². The van der Waals surface area contributed by atoms with Crippen LogP contribution in [0.1, 0.15) is 17.0 Å². The van der Waals surface area contributed by atoms with Gasteiger partial charge in [-0.1, -0.05) is 6.07 Å². The van der Waals surface area contributed by atoms with Gasteiger partial charge in [-0.15, -0.1) is 0 Å². The number of H-pyrrole nitrogens is 1. The summed E-state index contributed by atoms with van der Waals surface area (Å²) in [6, 6.07) is 5.03. The first-order valence-electron chi connectivity index (χ1n) is 5.28. The number of aryl methyl sites for hydroxylation is 2. The second-order valence-corrected chi connectivity index (χ2v) is 4.95. The fraction of sp³-hybridized carbons (Fsp3) is 0.250. The van der Waals surface area contributed by atoms with E-state index in [2.05, 4.69) is 15.5 Å². The van der Waals surface area contributed by atoms with Gasteiger partial charge in [-0.05, 0) is 48.6 Å². The molecule has 90 valence electrons. The largest absolute Gasteiger partial charge is 0.380 e. The van der Waals surface area contributed by atoms with Gasteiger partial charge in [-0.3, -0.25) is 5.10 Å². The lowest BCUT2D eigenvalue weighted by Gasteiger charge is -2.09. The normalized spacial score (nSPS) is 10.6. The molecule has 3 nitrogen and oxygen atoms in total. The number of nitrogens with one attached hydrogen (secondary N) is 2. The Morgan fingerprint density at radius 2 is 2.18 bits per heavy atom. The van der Waals surface area contributed by atoms with Crippen LogP contribution in [0.4, 0.5) is 10.1 Å². The van der Waals surface area contributed by atoms with Gasteiger partial charge in [0.05, 0.1) is 15.0 Å². The first-order chi connectivity index (χ1) is 8.09. The van der Waals surface area contributed by atoms with Crippen LogP contribution in [0, 0.1) is 23.2 Å². The summed E-state index contributed by atoms with van der Waals surface area (Å²) in [6.07, 6.45) is 0. The molecule has 2 N–H and O–H groups in total. The Labute approximate surface area is 113 Å². The van der Waals surface area contributed by atoms with Crippen molar-refractivity contribution in [2.24, 2.45) is 0 Å². The fourth-order valence-electron chi connectivity index (χ4n) is 1.66. The summed E-state index contributed by atoms with van der Waals surface area (Å²) in [6.45, 7) is 4.58. The van der Waals surface area contributed by atoms with Gasteiger partial charge in [-0.25, -0.2) is 4.39 Å². The van der Waals surface area contributed by atoms with Crippen LogP contribution in [0.2, 0.25) is 0 Å². The molecular weight excluding hydrogens is 332 g/mol. The number of anilines is 1. The number of halogens is 2. The lowest BCUT2D eigenvalue weighted by molar-refractivity contribution is 0.621. The van der Waals surface area contributed by atoms with Gasteiger partial charge in [0.1, 0.15) is 5.82 Å². The second-order valence-electron chi connectivity index (χ2n) is 3.87. The van der Waals surface area contributed by atoms with E-state index < -0.39 is 0 Å². The van der Waals surface area contributed by atoms with E-state index in [4.69, 9.17) is 0 Å². The molecule has 17 heavy (non-hydrogen) atoms. The smallest absolute Gasteiger partial charge is 0.138 e. The highest BCUT2D eigenvalue weighted by atomic mass is 127. The standard InChI is InChI=1S/C12H13FIN3/c1-7-9(8(2)17-16-7)6-15-11-5-3-4-10(13)12(11)14/h3-5,15H,6H2,1-2H3,(H,16,17). The van der Waals surface area contributed by atoms with Crippen molar-refractivity contribution < 1.29 is 4.39 Å². The monoisotopic (exact) mass is 345 g/mol. The minimum absolute atomic E-state index is 0.198. The van der Waals surface area contributed by atoms with Crippen LogP contribution in [-0.2, 0) is 6.54 Å². The van der Waals surface area contributed by atoms with E-state index in [1.54, 1.807) is 6.07 Å². The molecule has 0 aliphatic heterocycles. The highest BCUT2D eigenvalue weighted by molar-refractivity contribution is 14.1. The molecule has 0 fully saturated rings. The Bertz CT molecular complexity index is 517. The maximum atomic E-state index is 13.3. The maximum Gasteiger partial charge on any atom is 0.138 e. The number of benzene rings is 1. The molecule has 0 amide bonds. The third-order valence-electron chi connectivity index (χ3n) is 2.69. The van der Waals surface area contributed by atoms with Crippen molar-refractivity contribution in [1.82, 2.24) is 10.2 Å². The molecule has 0 saturated carbocycles. The predicted molar refractivity (Wildman–Crippen MR) is 74.5 cm³/mol. The molecule has 2 aromatic rings. The molecule has 2 rings (SSSR count). The number of hydrogen-bond acceptors (Lipinski definition) is 2. The van der Waals surface area contributed by atoms with Gasteiger partial charge in [0.15, 0.2) is 0 Å². The molecule has 0 aliphatic rings. The molecule has 1 aromatic carbocycles. The SMILES string of the molecule is Cc1n[nH]c(C)c1CNc1cccc(F)c1I. The first-order valence-corrected chi connectivity index (χ1v) is 6.36. The Morgan fingerprint density at radius 1 is 1.41 bits per heavy atom. The molecule has 0 saturated heterocycles. The van der Waals surface area contributed by atoms with Gasteiger partial charge in [0, 0.05) is 17.8 Å². The van der Waals surface area contributed by atoms with Crippen molar-refractivity contribution in [2.45, 2.75) is 20.4 Å². The van der Waals surface area contributed by atoms with Crippen molar-refractivity contribution in [1.29, 1.82) is 0 Å². The molecule has 0 atom stereocenters. The highest BCUT2D eigenvalue weighted by Crippen LogP contribution is 2.22. The molecule has 1 aromatic heterocycles. The first kappa shape index (κ1) is 12.3. The van der Waals surface area contributed by atoms with Crippen LogP contribution >= 0.6 is 22.6 Å². The van der Waals surface area contributed by atoms with Gasteiger partial charge in [0.25, 0.3) is 0 Å². The Balaban J connectivity index is 2.15. The number of hydrogen-bond donors (Lipinski definition) is 2. The van der Waals surface area contributed by atoms with Crippen LogP contribution in [0.3, 0.4) is 0 Å². The molecule has 5 heteroatoms. The minimum atomic E-state index is -0.198. The summed E-state index contributed by atoms with van der Waals surface area (Å²) >= 11 is 2.00. The Morgan fingerprint density at radius 3 is 2.82 bits per heavy atom. The third-order valence-corrected chi connectivity index (χ3v) is 3.78. The summed E-state index contributed by atoms with van der Waals surface area (Å²) in [5.74, 6) is -0.198. The van der Waals surface area contributed by atoms with Crippen LogP contribution < -0.4 is 5.32 Å². The molecular formula is C12H13FIN3. The van der Waals surface area contributed by atoms with Crippen molar-refractivity contribution in [2.75, 3.05) is 5.32 Å². The number of rotatable bonds is 3. The zero-order valence-corrected chi connectivity index (χ0v) is 11.8. The lowest BCUT2D eigenvalue weighted by atomic mass is 10.2. The molecule has 0 unspecified atom stereocenters. The highest BCUT2D eigenvalue weighted by Gasteiger charge is 2.08. The van der Waals surface area contributed by atoms with Gasteiger partial charge in [-0.2, -0.15) is 5.10 Å². The zero-order valence-electron chi connectivity index (χ0n) is 9.64. The summed E-state index contributed by atoms with van der Waals surface area (Å²) in [5, 5.41) is 10.3. The average Bonchev–Trinajstić information content (AvgIpc) is 2.62. The molecule has 0 spiro atoms. The van der Waals surface area contributed by atoms with Crippen molar-refractivity contribution in [3.8, 4) is 0 Å². The average molecular weight is 345 g/mol. The number of nitrogens with zero attached hydrogens (tertiary/aromatic N) is 1. The van der Waals surface area contributed by atoms with E-state index in [9.17, 15) is 4.39 Å². The van der Waals surface area contributed by atoms with Crippen molar-refractivity contribution in [3.63, 3.8) is 0 Å². The number of aromatic nitrogens is 2. The Hall–Kier alpha value is -1.11. The number of aromatic amines is 1. The van der Waals surface area contributed by atoms with E-state index in [1.807, 2.05) is 42.5 Å². The summed E-state index contributed by atoms with van der Waals surface area (Å²) < 4.78 is 14.0. The van der Waals surface area contributed by atoms with Crippen LogP contribution in [0.15, 0.2) is 18.2 Å². The Kier molecular flexibility index (Phi) is 3.66. The molecule has 0 radical (unpaired) electrons. The lowest BCUT2D eigenvalue weighted by Crippen LogP contribution is -2.03. The summed E-state index contributed by atoms with van der Waals surface area (Å²) in [7, 11) is 0. The fourth-order valence-corrected chi connectivity index (χ4v) is 2.21. The minimum Gasteiger partial charge on any atom is -0.380 e. The van der Waals surface area contributed by atoms with Gasteiger partial charge < -0.3 is 5.32 Å². The van der Waals surface area contributed by atoms with Gasteiger partial charge >= 0.3 is 0 Å². The van der Waals surface area contributed by atoms with Crippen LogP contribution in [0.25, 0.3) is 0 Å². The van der Waals surface area contributed by atoms with Crippen molar-refractivity contribution >= 4 is 28.3 Å². The zero-order chi connectivity index (χ0) is 12.4. The van der Waals surface area contributed by atoms with Gasteiger partial charge in [0.2, 0.25) is 0 Å². The van der Waals surface area contributed by atoms with E-state index in [0.717, 1.165) is 22.6 Å². The van der Waals surface area contributed by atoms with E-state index >= 15 is 0 Å². The second kappa shape index (κ2) is 5.03.